The third-order valence-electron chi connectivity index (χ3n) is 4.20. The number of hydrogen-bond acceptors (Lipinski definition) is 4. The second kappa shape index (κ2) is 7.93. The fourth-order valence-electron chi connectivity index (χ4n) is 2.78. The SMILES string of the molecule is C=CC(=O)N1CCC(C(=O)Nc2csc(-c3ccc(Br)cc3)n2)CC1. The molecule has 0 spiro atoms. The van der Waals surface area contributed by atoms with E-state index in [-0.39, 0.29) is 17.7 Å². The van der Waals surface area contributed by atoms with Gasteiger partial charge in [-0.3, -0.25) is 9.59 Å². The van der Waals surface area contributed by atoms with Gasteiger partial charge in [-0.25, -0.2) is 4.98 Å². The lowest BCUT2D eigenvalue weighted by molar-refractivity contribution is -0.130. The number of likely N-dealkylation sites (tertiary alicyclic amines) is 1. The molecule has 130 valence electrons. The molecule has 1 fully saturated rings. The molecule has 0 bridgehead atoms. The molecule has 1 N–H and O–H groups in total. The van der Waals surface area contributed by atoms with Crippen molar-refractivity contribution in [3.63, 3.8) is 0 Å². The number of halogens is 1. The van der Waals surface area contributed by atoms with Crippen LogP contribution in [0.4, 0.5) is 5.82 Å². The van der Waals surface area contributed by atoms with E-state index >= 15 is 0 Å². The van der Waals surface area contributed by atoms with Crippen LogP contribution in [0.1, 0.15) is 12.8 Å². The number of aromatic nitrogens is 1. The molecule has 2 amide bonds. The van der Waals surface area contributed by atoms with Crippen LogP contribution in [0.25, 0.3) is 10.6 Å². The second-order valence-electron chi connectivity index (χ2n) is 5.84. The molecule has 1 aliphatic heterocycles. The molecule has 3 rings (SSSR count). The van der Waals surface area contributed by atoms with Crippen LogP contribution in [0, 0.1) is 5.92 Å². The van der Waals surface area contributed by atoms with Gasteiger partial charge in [0.05, 0.1) is 0 Å². The zero-order chi connectivity index (χ0) is 17.8. The molecular formula is C18H18BrN3O2S. The number of benzene rings is 1. The molecule has 7 heteroatoms. The van der Waals surface area contributed by atoms with Gasteiger partial charge in [-0.05, 0) is 31.1 Å². The summed E-state index contributed by atoms with van der Waals surface area (Å²) in [5, 5.41) is 5.62. The van der Waals surface area contributed by atoms with Gasteiger partial charge in [0.1, 0.15) is 10.8 Å². The smallest absolute Gasteiger partial charge is 0.245 e. The summed E-state index contributed by atoms with van der Waals surface area (Å²) in [5.41, 5.74) is 1.02. The third-order valence-corrected chi connectivity index (χ3v) is 5.62. The van der Waals surface area contributed by atoms with Gasteiger partial charge in [-0.1, -0.05) is 34.6 Å². The van der Waals surface area contributed by atoms with Crippen LogP contribution in [0.15, 0.2) is 46.8 Å². The Labute approximate surface area is 158 Å². The van der Waals surface area contributed by atoms with Crippen molar-refractivity contribution >= 4 is 44.9 Å². The lowest BCUT2D eigenvalue weighted by Gasteiger charge is -2.30. The Balaban J connectivity index is 1.58. The van der Waals surface area contributed by atoms with Gasteiger partial charge in [0.15, 0.2) is 0 Å². The van der Waals surface area contributed by atoms with E-state index in [1.807, 2.05) is 29.6 Å². The van der Waals surface area contributed by atoms with E-state index in [9.17, 15) is 9.59 Å². The molecule has 0 saturated carbocycles. The number of hydrogen-bond donors (Lipinski definition) is 1. The standard InChI is InChI=1S/C18H18BrN3O2S/c1-2-16(23)22-9-7-12(8-10-22)17(24)20-15-11-25-18(21-15)13-3-5-14(19)6-4-13/h2-6,11-12H,1,7-10H2,(H,20,24). The molecule has 5 nitrogen and oxygen atoms in total. The Kier molecular flexibility index (Phi) is 5.65. The van der Waals surface area contributed by atoms with Crippen molar-refractivity contribution in [2.75, 3.05) is 18.4 Å². The monoisotopic (exact) mass is 419 g/mol. The van der Waals surface area contributed by atoms with Crippen molar-refractivity contribution in [2.24, 2.45) is 5.92 Å². The van der Waals surface area contributed by atoms with E-state index in [2.05, 4.69) is 32.8 Å². The summed E-state index contributed by atoms with van der Waals surface area (Å²) in [4.78, 5) is 30.2. The highest BCUT2D eigenvalue weighted by molar-refractivity contribution is 9.10. The number of anilines is 1. The molecule has 0 unspecified atom stereocenters. The quantitative estimate of drug-likeness (QED) is 0.763. The first-order valence-electron chi connectivity index (χ1n) is 8.00. The Morgan fingerprint density at radius 3 is 2.60 bits per heavy atom. The highest BCUT2D eigenvalue weighted by Crippen LogP contribution is 2.28. The number of rotatable bonds is 4. The topological polar surface area (TPSA) is 62.3 Å². The third kappa shape index (κ3) is 4.35. The minimum absolute atomic E-state index is 0.0293. The first-order chi connectivity index (χ1) is 12.1. The number of carbonyl (C=O) groups excluding carboxylic acids is 2. The fraction of sp³-hybridized carbons (Fsp3) is 0.278. The Morgan fingerprint density at radius 2 is 1.96 bits per heavy atom. The van der Waals surface area contributed by atoms with Crippen LogP contribution in [0.3, 0.4) is 0 Å². The Bertz CT molecular complexity index is 780. The van der Waals surface area contributed by atoms with Crippen molar-refractivity contribution in [1.82, 2.24) is 9.88 Å². The fourth-order valence-corrected chi connectivity index (χ4v) is 3.80. The summed E-state index contributed by atoms with van der Waals surface area (Å²) in [7, 11) is 0. The van der Waals surface area contributed by atoms with Gasteiger partial charge in [0.25, 0.3) is 0 Å². The lowest BCUT2D eigenvalue weighted by atomic mass is 9.96. The predicted molar refractivity (Wildman–Crippen MR) is 103 cm³/mol. The minimum Gasteiger partial charge on any atom is -0.339 e. The van der Waals surface area contributed by atoms with Crippen molar-refractivity contribution in [3.8, 4) is 10.6 Å². The molecule has 25 heavy (non-hydrogen) atoms. The molecule has 1 saturated heterocycles. The van der Waals surface area contributed by atoms with E-state index in [0.29, 0.717) is 31.7 Å². The number of nitrogens with one attached hydrogen (secondary N) is 1. The lowest BCUT2D eigenvalue weighted by Crippen LogP contribution is -2.40. The van der Waals surface area contributed by atoms with Crippen molar-refractivity contribution in [1.29, 1.82) is 0 Å². The molecule has 2 aromatic rings. The molecule has 1 aromatic heterocycles. The number of nitrogens with zero attached hydrogens (tertiary/aromatic N) is 2. The van der Waals surface area contributed by atoms with E-state index in [1.54, 1.807) is 4.90 Å². The maximum absolute atomic E-state index is 12.4. The van der Waals surface area contributed by atoms with Gasteiger partial charge >= 0.3 is 0 Å². The van der Waals surface area contributed by atoms with Crippen molar-refractivity contribution in [2.45, 2.75) is 12.8 Å². The van der Waals surface area contributed by atoms with Crippen LogP contribution in [0.2, 0.25) is 0 Å². The number of thiazole rings is 1. The van der Waals surface area contributed by atoms with Crippen LogP contribution >= 0.6 is 27.3 Å². The predicted octanol–water partition coefficient (Wildman–Crippen LogP) is 3.94. The highest BCUT2D eigenvalue weighted by Gasteiger charge is 2.26. The molecule has 0 atom stereocenters. The average Bonchev–Trinajstić information content (AvgIpc) is 3.10. The van der Waals surface area contributed by atoms with Crippen LogP contribution < -0.4 is 5.32 Å². The zero-order valence-corrected chi connectivity index (χ0v) is 16.0. The van der Waals surface area contributed by atoms with E-state index in [1.165, 1.54) is 17.4 Å². The molecule has 1 aromatic carbocycles. The maximum atomic E-state index is 12.4. The summed E-state index contributed by atoms with van der Waals surface area (Å²) >= 11 is 4.91. The highest BCUT2D eigenvalue weighted by atomic mass is 79.9. The van der Waals surface area contributed by atoms with Crippen LogP contribution in [-0.2, 0) is 9.59 Å². The second-order valence-corrected chi connectivity index (χ2v) is 7.61. The van der Waals surface area contributed by atoms with Gasteiger partial charge in [-0.2, -0.15) is 0 Å². The van der Waals surface area contributed by atoms with Gasteiger partial charge in [-0.15, -0.1) is 11.3 Å². The molecule has 1 aliphatic rings. The number of amides is 2. The Morgan fingerprint density at radius 1 is 1.28 bits per heavy atom. The summed E-state index contributed by atoms with van der Waals surface area (Å²) in [6.07, 6.45) is 2.64. The van der Waals surface area contributed by atoms with Crippen LogP contribution in [0.5, 0.6) is 0 Å². The molecule has 0 radical (unpaired) electrons. The first kappa shape index (κ1) is 17.8. The summed E-state index contributed by atoms with van der Waals surface area (Å²) in [6, 6.07) is 7.91. The summed E-state index contributed by atoms with van der Waals surface area (Å²) < 4.78 is 1.02. The first-order valence-corrected chi connectivity index (χ1v) is 9.68. The summed E-state index contributed by atoms with van der Waals surface area (Å²) in [6.45, 7) is 4.67. The zero-order valence-electron chi connectivity index (χ0n) is 13.6. The number of carbonyl (C=O) groups is 2. The molecular weight excluding hydrogens is 402 g/mol. The largest absolute Gasteiger partial charge is 0.339 e. The molecule has 0 aliphatic carbocycles. The minimum atomic E-state index is -0.0910. The maximum Gasteiger partial charge on any atom is 0.245 e. The normalized spacial score (nSPS) is 15.0. The van der Waals surface area contributed by atoms with E-state index < -0.39 is 0 Å². The van der Waals surface area contributed by atoms with Crippen molar-refractivity contribution < 1.29 is 9.59 Å². The van der Waals surface area contributed by atoms with E-state index in [0.717, 1.165) is 15.0 Å². The van der Waals surface area contributed by atoms with E-state index in [4.69, 9.17) is 0 Å². The van der Waals surface area contributed by atoms with Crippen molar-refractivity contribution in [3.05, 3.63) is 46.8 Å². The van der Waals surface area contributed by atoms with Gasteiger partial charge < -0.3 is 10.2 Å². The van der Waals surface area contributed by atoms with Gasteiger partial charge in [0, 0.05) is 34.4 Å². The summed E-state index contributed by atoms with van der Waals surface area (Å²) in [5.74, 6) is 0.389. The number of piperidine rings is 1. The Hall–Kier alpha value is -1.99. The average molecular weight is 420 g/mol. The van der Waals surface area contributed by atoms with Crippen LogP contribution in [-0.4, -0.2) is 34.8 Å². The van der Waals surface area contributed by atoms with Gasteiger partial charge in [0.2, 0.25) is 11.8 Å². The molecule has 2 heterocycles.